The van der Waals surface area contributed by atoms with Gasteiger partial charge in [-0.15, -0.1) is 0 Å². The van der Waals surface area contributed by atoms with Crippen molar-refractivity contribution in [1.29, 1.82) is 0 Å². The van der Waals surface area contributed by atoms with Crippen molar-refractivity contribution in [3.63, 3.8) is 0 Å². The number of anilines is 1. The first-order valence-electron chi connectivity index (χ1n) is 8.70. The molecular weight excluding hydrogens is 364 g/mol. The molecular formula is C20H19ClN4O2. The predicted molar refractivity (Wildman–Crippen MR) is 103 cm³/mol. The molecule has 2 aromatic carbocycles. The van der Waals surface area contributed by atoms with Crippen molar-refractivity contribution in [2.75, 3.05) is 18.6 Å². The van der Waals surface area contributed by atoms with Gasteiger partial charge in [0.05, 0.1) is 12.1 Å². The lowest BCUT2D eigenvalue weighted by Crippen LogP contribution is -2.44. The number of methoxy groups -OCH3 is 1. The Balaban J connectivity index is 1.82. The first kappa shape index (κ1) is 17.7. The molecule has 27 heavy (non-hydrogen) atoms. The zero-order valence-corrected chi connectivity index (χ0v) is 15.6. The highest BCUT2D eigenvalue weighted by atomic mass is 35.5. The van der Waals surface area contributed by atoms with Gasteiger partial charge in [0, 0.05) is 12.1 Å². The van der Waals surface area contributed by atoms with E-state index in [2.05, 4.69) is 10.1 Å². The fourth-order valence-corrected chi connectivity index (χ4v) is 3.72. The molecule has 1 aliphatic rings. The number of carbonyl (C=O) groups is 1. The third kappa shape index (κ3) is 3.34. The highest BCUT2D eigenvalue weighted by Gasteiger charge is 2.39. The van der Waals surface area contributed by atoms with Crippen LogP contribution in [0.3, 0.4) is 0 Å². The van der Waals surface area contributed by atoms with Gasteiger partial charge in [0.25, 0.3) is 5.91 Å². The summed E-state index contributed by atoms with van der Waals surface area (Å²) in [5.41, 5.74) is 2.13. The molecule has 0 radical (unpaired) electrons. The van der Waals surface area contributed by atoms with Crippen molar-refractivity contribution in [1.82, 2.24) is 14.8 Å². The fourth-order valence-electron chi connectivity index (χ4n) is 3.59. The van der Waals surface area contributed by atoms with Crippen LogP contribution in [0.2, 0.25) is 5.02 Å². The summed E-state index contributed by atoms with van der Waals surface area (Å²) in [4.78, 5) is 18.9. The van der Waals surface area contributed by atoms with Crippen LogP contribution in [0.4, 0.5) is 5.95 Å². The van der Waals surface area contributed by atoms with E-state index in [4.69, 9.17) is 16.3 Å². The quantitative estimate of drug-likeness (QED) is 0.691. The highest BCUT2D eigenvalue weighted by molar-refractivity contribution is 6.30. The molecule has 0 aliphatic carbocycles. The van der Waals surface area contributed by atoms with Gasteiger partial charge in [-0.1, -0.05) is 54.1 Å². The third-order valence-corrected chi connectivity index (χ3v) is 5.05. The Labute approximate surface area is 162 Å². The molecule has 0 saturated heterocycles. The van der Waals surface area contributed by atoms with Crippen LogP contribution in [0.5, 0.6) is 0 Å². The van der Waals surface area contributed by atoms with Crippen molar-refractivity contribution in [3.8, 4) is 0 Å². The Morgan fingerprint density at radius 1 is 1.11 bits per heavy atom. The summed E-state index contributed by atoms with van der Waals surface area (Å²) in [5.74, 6) is 0.382. The van der Waals surface area contributed by atoms with Gasteiger partial charge < -0.3 is 4.74 Å². The number of halogens is 1. The van der Waals surface area contributed by atoms with E-state index >= 15 is 0 Å². The van der Waals surface area contributed by atoms with Gasteiger partial charge in [-0.05, 0) is 29.7 Å². The Kier molecular flexibility index (Phi) is 4.92. The van der Waals surface area contributed by atoms with Crippen LogP contribution in [0.15, 0.2) is 60.9 Å². The van der Waals surface area contributed by atoms with Crippen LogP contribution < -0.4 is 4.90 Å². The van der Waals surface area contributed by atoms with Crippen LogP contribution in [0.25, 0.3) is 0 Å². The summed E-state index contributed by atoms with van der Waals surface area (Å²) in [6.45, 7) is -0.0121. The van der Waals surface area contributed by atoms with E-state index in [-0.39, 0.29) is 24.6 Å². The fraction of sp³-hybridized carbons (Fsp3) is 0.250. The predicted octanol–water partition coefficient (Wildman–Crippen LogP) is 3.65. The second-order valence-electron chi connectivity index (χ2n) is 6.43. The normalized spacial score (nSPS) is 19.0. The molecule has 0 N–H and O–H groups in total. The van der Waals surface area contributed by atoms with Crippen LogP contribution in [-0.2, 0) is 9.53 Å². The van der Waals surface area contributed by atoms with Crippen LogP contribution in [-0.4, -0.2) is 34.4 Å². The monoisotopic (exact) mass is 382 g/mol. The number of rotatable bonds is 4. The van der Waals surface area contributed by atoms with E-state index in [1.54, 1.807) is 9.58 Å². The summed E-state index contributed by atoms with van der Waals surface area (Å²) >= 11 is 6.05. The van der Waals surface area contributed by atoms with Gasteiger partial charge in [0.2, 0.25) is 5.95 Å². The molecule has 6 nitrogen and oxygen atoms in total. The minimum absolute atomic E-state index is 0.0121. The van der Waals surface area contributed by atoms with Crippen molar-refractivity contribution < 1.29 is 9.53 Å². The van der Waals surface area contributed by atoms with E-state index in [1.165, 1.54) is 13.4 Å². The second kappa shape index (κ2) is 7.50. The lowest BCUT2D eigenvalue weighted by atomic mass is 9.92. The van der Waals surface area contributed by atoms with E-state index in [1.807, 2.05) is 54.6 Å². The Morgan fingerprint density at radius 3 is 2.52 bits per heavy atom. The first-order chi connectivity index (χ1) is 13.2. The number of nitrogens with zero attached hydrogens (tertiary/aromatic N) is 4. The molecule has 1 aromatic heterocycles. The Morgan fingerprint density at radius 2 is 1.81 bits per heavy atom. The zero-order valence-electron chi connectivity index (χ0n) is 14.8. The summed E-state index contributed by atoms with van der Waals surface area (Å²) < 4.78 is 6.90. The zero-order chi connectivity index (χ0) is 18.8. The summed E-state index contributed by atoms with van der Waals surface area (Å²) in [5, 5.41) is 5.08. The molecule has 0 saturated carbocycles. The lowest BCUT2D eigenvalue weighted by molar-refractivity contribution is -0.123. The molecule has 2 atom stereocenters. The molecule has 0 bridgehead atoms. The second-order valence-corrected chi connectivity index (χ2v) is 6.87. The highest BCUT2D eigenvalue weighted by Crippen LogP contribution is 2.41. The van der Waals surface area contributed by atoms with Crippen molar-refractivity contribution in [3.05, 3.63) is 77.1 Å². The minimum atomic E-state index is -0.161. The standard InChI is InChI=1S/C20H19ClN4O2/c1-27-12-19(26)24-17(14-5-3-2-4-6-14)11-18(25-20(24)22-13-23-25)15-7-9-16(21)10-8-15/h2-10,13,17-18H,11-12H2,1H3/t17-,18-/m0/s1. The maximum atomic E-state index is 12.8. The summed E-state index contributed by atoms with van der Waals surface area (Å²) in [6, 6.07) is 17.5. The Bertz CT molecular complexity index is 927. The average Bonchev–Trinajstić information content (AvgIpc) is 3.18. The van der Waals surface area contributed by atoms with Gasteiger partial charge in [-0.2, -0.15) is 10.1 Å². The van der Waals surface area contributed by atoms with Gasteiger partial charge in [-0.3, -0.25) is 9.69 Å². The van der Waals surface area contributed by atoms with Crippen LogP contribution in [0.1, 0.15) is 29.6 Å². The third-order valence-electron chi connectivity index (χ3n) is 4.80. The van der Waals surface area contributed by atoms with Gasteiger partial charge in [-0.25, -0.2) is 4.68 Å². The van der Waals surface area contributed by atoms with Crippen LogP contribution in [0, 0.1) is 0 Å². The number of amides is 1. The average molecular weight is 383 g/mol. The lowest BCUT2D eigenvalue weighted by Gasteiger charge is -2.39. The molecule has 4 rings (SSSR count). The number of hydrogen-bond acceptors (Lipinski definition) is 4. The molecule has 0 unspecified atom stereocenters. The van der Waals surface area contributed by atoms with E-state index in [0.717, 1.165) is 11.1 Å². The summed E-state index contributed by atoms with van der Waals surface area (Å²) in [7, 11) is 1.51. The van der Waals surface area contributed by atoms with Crippen molar-refractivity contribution >= 4 is 23.5 Å². The van der Waals surface area contributed by atoms with Crippen LogP contribution >= 0.6 is 11.6 Å². The van der Waals surface area contributed by atoms with Gasteiger partial charge in [0.1, 0.15) is 12.9 Å². The smallest absolute Gasteiger partial charge is 0.255 e. The molecule has 1 amide bonds. The number of ether oxygens (including phenoxy) is 1. The topological polar surface area (TPSA) is 60.2 Å². The molecule has 3 aromatic rings. The number of hydrogen-bond donors (Lipinski definition) is 0. The van der Waals surface area contributed by atoms with E-state index < -0.39 is 0 Å². The van der Waals surface area contributed by atoms with Crippen molar-refractivity contribution in [2.24, 2.45) is 0 Å². The largest absolute Gasteiger partial charge is 0.375 e. The number of fused-ring (bicyclic) bond motifs is 1. The molecule has 1 aliphatic heterocycles. The Hall–Kier alpha value is -2.70. The molecule has 7 heteroatoms. The molecule has 0 spiro atoms. The minimum Gasteiger partial charge on any atom is -0.375 e. The SMILES string of the molecule is COCC(=O)N1c2ncnn2[C@H](c2ccc(Cl)cc2)C[C@H]1c1ccccc1. The van der Waals surface area contributed by atoms with Gasteiger partial charge in [0.15, 0.2) is 0 Å². The van der Waals surface area contributed by atoms with Crippen molar-refractivity contribution in [2.45, 2.75) is 18.5 Å². The molecule has 138 valence electrons. The first-order valence-corrected chi connectivity index (χ1v) is 9.07. The number of carbonyl (C=O) groups excluding carboxylic acids is 1. The van der Waals surface area contributed by atoms with Gasteiger partial charge >= 0.3 is 0 Å². The molecule has 2 heterocycles. The van der Waals surface area contributed by atoms with E-state index in [9.17, 15) is 4.79 Å². The molecule has 0 fully saturated rings. The maximum Gasteiger partial charge on any atom is 0.255 e. The number of aromatic nitrogens is 3. The van der Waals surface area contributed by atoms with E-state index in [0.29, 0.717) is 17.4 Å². The summed E-state index contributed by atoms with van der Waals surface area (Å²) in [6.07, 6.45) is 2.16. The number of benzene rings is 2. The maximum absolute atomic E-state index is 12.8.